The second kappa shape index (κ2) is 7.23. The normalized spacial score (nSPS) is 27.2. The Labute approximate surface area is 126 Å². The molecule has 116 valence electrons. The fourth-order valence-electron chi connectivity index (χ4n) is 3.07. The Hall–Kier alpha value is -1.13. The minimum Gasteiger partial charge on any atom is -0.490 e. The fraction of sp³-hybridized carbons (Fsp3) is 0.706. The minimum atomic E-state index is 0.327. The molecule has 1 aromatic rings. The van der Waals surface area contributed by atoms with Crippen molar-refractivity contribution in [1.29, 1.82) is 0 Å². The molecule has 3 rings (SSSR count). The van der Waals surface area contributed by atoms with Gasteiger partial charge in [0.25, 0.3) is 0 Å². The lowest BCUT2D eigenvalue weighted by molar-refractivity contribution is 0.217. The summed E-state index contributed by atoms with van der Waals surface area (Å²) < 4.78 is 5.82. The lowest BCUT2D eigenvalue weighted by Gasteiger charge is -2.27. The van der Waals surface area contributed by atoms with Crippen molar-refractivity contribution in [3.63, 3.8) is 0 Å². The topological polar surface area (TPSA) is 54.4 Å². The average Bonchev–Trinajstić information content (AvgIpc) is 3.22. The standard InChI is InChI=1S/C17H26N2O2/c20-7-3-1-2-4-13-9-17(13)14-8-16(11-18-10-14)21-12-15-5-6-19-15/h8,10-11,13,15,17,19-20H,1-7,9,12H2/t13-,15+,17+/m1/s1. The van der Waals surface area contributed by atoms with Gasteiger partial charge in [-0.2, -0.15) is 0 Å². The maximum absolute atomic E-state index is 8.79. The first-order valence-electron chi connectivity index (χ1n) is 8.29. The molecule has 0 radical (unpaired) electrons. The molecular weight excluding hydrogens is 264 g/mol. The molecule has 0 unspecified atom stereocenters. The monoisotopic (exact) mass is 290 g/mol. The van der Waals surface area contributed by atoms with Gasteiger partial charge >= 0.3 is 0 Å². The molecule has 2 fully saturated rings. The van der Waals surface area contributed by atoms with Gasteiger partial charge in [0.15, 0.2) is 0 Å². The van der Waals surface area contributed by atoms with Gasteiger partial charge < -0.3 is 15.2 Å². The Bertz CT molecular complexity index is 448. The summed E-state index contributed by atoms with van der Waals surface area (Å²) in [5.74, 6) is 2.40. The van der Waals surface area contributed by atoms with E-state index >= 15 is 0 Å². The molecule has 1 saturated heterocycles. The van der Waals surface area contributed by atoms with Crippen molar-refractivity contribution < 1.29 is 9.84 Å². The molecule has 0 bridgehead atoms. The molecule has 1 saturated carbocycles. The van der Waals surface area contributed by atoms with E-state index in [1.165, 1.54) is 31.2 Å². The zero-order chi connectivity index (χ0) is 14.5. The van der Waals surface area contributed by atoms with E-state index in [2.05, 4.69) is 16.4 Å². The first kappa shape index (κ1) is 14.8. The van der Waals surface area contributed by atoms with Crippen LogP contribution in [0.2, 0.25) is 0 Å². The largest absolute Gasteiger partial charge is 0.490 e. The number of nitrogens with zero attached hydrogens (tertiary/aromatic N) is 1. The molecule has 2 heterocycles. The van der Waals surface area contributed by atoms with E-state index in [9.17, 15) is 0 Å². The van der Waals surface area contributed by atoms with Gasteiger partial charge in [0.1, 0.15) is 12.4 Å². The van der Waals surface area contributed by atoms with Gasteiger partial charge in [-0.3, -0.25) is 4.98 Å². The third kappa shape index (κ3) is 4.17. The van der Waals surface area contributed by atoms with Crippen LogP contribution in [-0.2, 0) is 0 Å². The molecule has 2 N–H and O–H groups in total. The number of aromatic nitrogens is 1. The number of ether oxygens (including phenoxy) is 1. The molecule has 0 aromatic carbocycles. The molecule has 21 heavy (non-hydrogen) atoms. The summed E-state index contributed by atoms with van der Waals surface area (Å²) in [5.41, 5.74) is 1.33. The summed E-state index contributed by atoms with van der Waals surface area (Å²) in [4.78, 5) is 4.33. The third-order valence-electron chi connectivity index (χ3n) is 4.70. The van der Waals surface area contributed by atoms with Crippen LogP contribution >= 0.6 is 0 Å². The van der Waals surface area contributed by atoms with Crippen LogP contribution in [0.15, 0.2) is 18.5 Å². The Balaban J connectivity index is 1.43. The predicted molar refractivity (Wildman–Crippen MR) is 82.5 cm³/mol. The van der Waals surface area contributed by atoms with Gasteiger partial charge in [-0.15, -0.1) is 0 Å². The van der Waals surface area contributed by atoms with Gasteiger partial charge in [0.05, 0.1) is 6.20 Å². The maximum Gasteiger partial charge on any atom is 0.137 e. The molecular formula is C17H26N2O2. The summed E-state index contributed by atoms with van der Waals surface area (Å²) >= 11 is 0. The van der Waals surface area contributed by atoms with Crippen LogP contribution in [0.4, 0.5) is 0 Å². The SMILES string of the molecule is OCCCCC[C@@H]1C[C@@H]1c1cncc(OC[C@@H]2CCN2)c1. The number of aliphatic hydroxyl groups is 1. The smallest absolute Gasteiger partial charge is 0.137 e. The van der Waals surface area contributed by atoms with Gasteiger partial charge in [0.2, 0.25) is 0 Å². The highest BCUT2D eigenvalue weighted by molar-refractivity contribution is 5.30. The van der Waals surface area contributed by atoms with Crippen LogP contribution in [0, 0.1) is 5.92 Å². The van der Waals surface area contributed by atoms with E-state index in [1.807, 2.05) is 12.4 Å². The lowest BCUT2D eigenvalue weighted by atomic mass is 10.1. The second-order valence-electron chi connectivity index (χ2n) is 6.38. The van der Waals surface area contributed by atoms with E-state index in [0.717, 1.165) is 37.7 Å². The summed E-state index contributed by atoms with van der Waals surface area (Å²) in [6.45, 7) is 2.19. The number of unbranched alkanes of at least 4 members (excludes halogenated alkanes) is 2. The summed E-state index contributed by atoms with van der Waals surface area (Å²) in [6, 6.07) is 2.69. The Morgan fingerprint density at radius 3 is 2.95 bits per heavy atom. The van der Waals surface area contributed by atoms with Gasteiger partial charge in [0, 0.05) is 18.8 Å². The van der Waals surface area contributed by atoms with Crippen LogP contribution in [-0.4, -0.2) is 35.9 Å². The number of hydrogen-bond acceptors (Lipinski definition) is 4. The molecule has 4 heteroatoms. The first-order valence-corrected chi connectivity index (χ1v) is 8.29. The predicted octanol–water partition coefficient (Wildman–Crippen LogP) is 2.48. The Morgan fingerprint density at radius 2 is 2.19 bits per heavy atom. The highest BCUT2D eigenvalue weighted by atomic mass is 16.5. The van der Waals surface area contributed by atoms with Crippen LogP contribution in [0.5, 0.6) is 5.75 Å². The Kier molecular flexibility index (Phi) is 5.09. The van der Waals surface area contributed by atoms with E-state index < -0.39 is 0 Å². The quantitative estimate of drug-likeness (QED) is 0.686. The van der Waals surface area contributed by atoms with Crippen molar-refractivity contribution in [2.24, 2.45) is 5.92 Å². The van der Waals surface area contributed by atoms with E-state index in [4.69, 9.17) is 9.84 Å². The van der Waals surface area contributed by atoms with E-state index in [-0.39, 0.29) is 0 Å². The van der Waals surface area contributed by atoms with Crippen LogP contribution < -0.4 is 10.1 Å². The maximum atomic E-state index is 8.79. The first-order chi connectivity index (χ1) is 10.4. The van der Waals surface area contributed by atoms with Crippen molar-refractivity contribution in [3.8, 4) is 5.75 Å². The van der Waals surface area contributed by atoms with Crippen LogP contribution in [0.3, 0.4) is 0 Å². The highest BCUT2D eigenvalue weighted by Gasteiger charge is 2.37. The highest BCUT2D eigenvalue weighted by Crippen LogP contribution is 2.50. The summed E-state index contributed by atoms with van der Waals surface area (Å²) in [5, 5.41) is 12.1. The zero-order valence-corrected chi connectivity index (χ0v) is 12.6. The van der Waals surface area contributed by atoms with Crippen molar-refractivity contribution in [2.75, 3.05) is 19.8 Å². The van der Waals surface area contributed by atoms with Crippen molar-refractivity contribution >= 4 is 0 Å². The number of pyridine rings is 1. The van der Waals surface area contributed by atoms with Gasteiger partial charge in [-0.25, -0.2) is 0 Å². The van der Waals surface area contributed by atoms with Crippen LogP contribution in [0.25, 0.3) is 0 Å². The molecule has 2 aliphatic rings. The van der Waals surface area contributed by atoms with Crippen molar-refractivity contribution in [2.45, 2.75) is 50.5 Å². The number of aliphatic hydroxyl groups excluding tert-OH is 1. The molecule has 4 nitrogen and oxygen atoms in total. The third-order valence-corrected chi connectivity index (χ3v) is 4.70. The van der Waals surface area contributed by atoms with Gasteiger partial charge in [-0.05, 0) is 55.7 Å². The molecule has 1 aliphatic heterocycles. The minimum absolute atomic E-state index is 0.327. The summed E-state index contributed by atoms with van der Waals surface area (Å²) in [6.07, 6.45) is 10.9. The van der Waals surface area contributed by atoms with Crippen LogP contribution in [0.1, 0.15) is 50.0 Å². The molecule has 0 spiro atoms. The number of hydrogen-bond donors (Lipinski definition) is 2. The van der Waals surface area contributed by atoms with E-state index in [1.54, 1.807) is 0 Å². The van der Waals surface area contributed by atoms with Crippen molar-refractivity contribution in [3.05, 3.63) is 24.0 Å². The molecule has 3 atom stereocenters. The lowest BCUT2D eigenvalue weighted by Crippen LogP contribution is -2.46. The Morgan fingerprint density at radius 1 is 1.29 bits per heavy atom. The molecule has 0 amide bonds. The second-order valence-corrected chi connectivity index (χ2v) is 6.38. The number of rotatable bonds is 9. The number of nitrogens with one attached hydrogen (secondary N) is 1. The molecule has 1 aromatic heterocycles. The fourth-order valence-corrected chi connectivity index (χ4v) is 3.07. The average molecular weight is 290 g/mol. The van der Waals surface area contributed by atoms with Crippen molar-refractivity contribution in [1.82, 2.24) is 10.3 Å². The van der Waals surface area contributed by atoms with E-state index in [0.29, 0.717) is 18.6 Å². The summed E-state index contributed by atoms with van der Waals surface area (Å²) in [7, 11) is 0. The zero-order valence-electron chi connectivity index (χ0n) is 12.6. The molecule has 1 aliphatic carbocycles. The van der Waals surface area contributed by atoms with Gasteiger partial charge in [-0.1, -0.05) is 12.8 Å².